The normalized spacial score (nSPS) is 21.9. The van der Waals surface area contributed by atoms with E-state index in [9.17, 15) is 5.73 Å². The Kier molecular flexibility index (Phi) is 1.77. The summed E-state index contributed by atoms with van der Waals surface area (Å²) in [4.78, 5) is 0. The lowest BCUT2D eigenvalue weighted by Crippen LogP contribution is -2.12. The van der Waals surface area contributed by atoms with Crippen molar-refractivity contribution in [2.24, 2.45) is 0 Å². The van der Waals surface area contributed by atoms with Gasteiger partial charge in [-0.05, 0) is 36.5 Å². The Labute approximate surface area is 72.6 Å². The van der Waals surface area contributed by atoms with Crippen LogP contribution in [-0.4, -0.2) is 0 Å². The number of nitrogens with two attached hydrogens (primary N) is 1. The maximum atomic E-state index is 9.63. The minimum Gasteiger partial charge on any atom is -0.398 e. The highest BCUT2D eigenvalue weighted by molar-refractivity contribution is 5.52. The van der Waals surface area contributed by atoms with Gasteiger partial charge in [-0.3, -0.25) is 0 Å². The molecule has 0 saturated carbocycles. The Balaban J connectivity index is 2.52. The molecule has 1 atom stereocenters. The van der Waals surface area contributed by atoms with Crippen LogP contribution in [0.15, 0.2) is 18.2 Å². The molecule has 0 spiro atoms. The van der Waals surface area contributed by atoms with E-state index in [4.69, 9.17) is 5.73 Å². The van der Waals surface area contributed by atoms with Crippen LogP contribution in [0.2, 0.25) is 0 Å². The zero-order chi connectivity index (χ0) is 8.55. The fraction of sp³-hybridized carbons (Fsp3) is 0.400. The standard InChI is InChI=1S/C10H12N2/c11-9-5-1-3-7-8(9)4-2-6-10(7)12/h1,3,5,10H,2,4,6,11H2. The van der Waals surface area contributed by atoms with Crippen molar-refractivity contribution in [3.63, 3.8) is 0 Å². The number of rotatable bonds is 0. The van der Waals surface area contributed by atoms with Gasteiger partial charge < -0.3 is 5.73 Å². The van der Waals surface area contributed by atoms with Gasteiger partial charge in [0.2, 0.25) is 0 Å². The molecule has 0 heterocycles. The Morgan fingerprint density at radius 3 is 3.00 bits per heavy atom. The van der Waals surface area contributed by atoms with Gasteiger partial charge >= 0.3 is 0 Å². The molecular weight excluding hydrogens is 148 g/mol. The molecule has 2 rings (SSSR count). The van der Waals surface area contributed by atoms with E-state index >= 15 is 0 Å². The Morgan fingerprint density at radius 1 is 1.42 bits per heavy atom. The van der Waals surface area contributed by atoms with Crippen molar-refractivity contribution in [2.45, 2.75) is 25.3 Å². The number of nitrogen functional groups attached to an aromatic ring is 1. The van der Waals surface area contributed by atoms with Crippen LogP contribution in [0.5, 0.6) is 0 Å². The molecule has 2 N–H and O–H groups in total. The predicted molar refractivity (Wildman–Crippen MR) is 48.7 cm³/mol. The molecule has 1 aromatic carbocycles. The zero-order valence-electron chi connectivity index (χ0n) is 6.96. The maximum absolute atomic E-state index is 9.63. The molecule has 0 aliphatic heterocycles. The van der Waals surface area contributed by atoms with E-state index in [-0.39, 0.29) is 6.04 Å². The summed E-state index contributed by atoms with van der Waals surface area (Å²) >= 11 is 0. The molecular formula is C10H12N2. The summed E-state index contributed by atoms with van der Waals surface area (Å²) in [6, 6.07) is 5.48. The van der Waals surface area contributed by atoms with Crippen molar-refractivity contribution < 1.29 is 0 Å². The fourth-order valence-corrected chi connectivity index (χ4v) is 1.85. The maximum Gasteiger partial charge on any atom is 0.0686 e. The first-order valence-electron chi connectivity index (χ1n) is 4.34. The number of nitrogens with zero attached hydrogens (tertiary/aromatic N) is 1. The van der Waals surface area contributed by atoms with Gasteiger partial charge in [0.05, 0.1) is 6.04 Å². The smallest absolute Gasteiger partial charge is 0.0686 e. The van der Waals surface area contributed by atoms with Gasteiger partial charge in [0.15, 0.2) is 0 Å². The molecule has 2 nitrogen and oxygen atoms in total. The van der Waals surface area contributed by atoms with Crippen LogP contribution < -0.4 is 11.5 Å². The first kappa shape index (κ1) is 7.62. The highest BCUT2D eigenvalue weighted by atomic mass is 14.7. The monoisotopic (exact) mass is 160 g/mol. The molecule has 62 valence electrons. The average molecular weight is 160 g/mol. The summed E-state index contributed by atoms with van der Waals surface area (Å²) in [5.74, 6) is 0. The Hall–Kier alpha value is -1.02. The van der Waals surface area contributed by atoms with Crippen LogP contribution in [0.3, 0.4) is 0 Å². The Bertz CT molecular complexity index is 294. The molecule has 1 aliphatic carbocycles. The van der Waals surface area contributed by atoms with Crippen LogP contribution in [0.1, 0.15) is 30.0 Å². The second kappa shape index (κ2) is 2.79. The summed E-state index contributed by atoms with van der Waals surface area (Å²) in [7, 11) is 0. The predicted octanol–water partition coefficient (Wildman–Crippen LogP) is 1.71. The number of hydrogen-bond donors (Lipinski definition) is 1. The first-order valence-corrected chi connectivity index (χ1v) is 4.34. The quantitative estimate of drug-likeness (QED) is 0.577. The van der Waals surface area contributed by atoms with Gasteiger partial charge in [-0.15, -0.1) is 5.73 Å². The lowest BCUT2D eigenvalue weighted by atomic mass is 9.87. The first-order chi connectivity index (χ1) is 5.79. The molecule has 2 heteroatoms. The summed E-state index contributed by atoms with van der Waals surface area (Å²) in [6.07, 6.45) is 2.93. The summed E-state index contributed by atoms with van der Waals surface area (Å²) in [5.41, 5.74) is 18.4. The number of anilines is 1. The molecule has 0 saturated heterocycles. The largest absolute Gasteiger partial charge is 0.398 e. The second-order valence-corrected chi connectivity index (χ2v) is 3.32. The van der Waals surface area contributed by atoms with Crippen LogP contribution in [-0.2, 0) is 6.42 Å². The van der Waals surface area contributed by atoms with E-state index in [0.717, 1.165) is 36.1 Å². The van der Waals surface area contributed by atoms with Gasteiger partial charge in [-0.1, -0.05) is 12.1 Å². The van der Waals surface area contributed by atoms with Gasteiger partial charge in [-0.2, -0.15) is 0 Å². The number of hydrogen-bond acceptors (Lipinski definition) is 1. The lowest BCUT2D eigenvalue weighted by Gasteiger charge is -2.21. The highest BCUT2D eigenvalue weighted by Gasteiger charge is 2.18. The molecule has 0 amide bonds. The van der Waals surface area contributed by atoms with E-state index in [1.165, 1.54) is 0 Å². The third kappa shape index (κ3) is 1.08. The zero-order valence-corrected chi connectivity index (χ0v) is 6.96. The molecule has 2 radical (unpaired) electrons. The van der Waals surface area contributed by atoms with E-state index in [1.54, 1.807) is 0 Å². The third-order valence-electron chi connectivity index (χ3n) is 2.51. The van der Waals surface area contributed by atoms with E-state index in [0.29, 0.717) is 0 Å². The molecule has 12 heavy (non-hydrogen) atoms. The van der Waals surface area contributed by atoms with Crippen LogP contribution in [0.4, 0.5) is 5.69 Å². The molecule has 1 unspecified atom stereocenters. The molecule has 1 aromatic rings. The van der Waals surface area contributed by atoms with Crippen molar-refractivity contribution in [3.8, 4) is 0 Å². The topological polar surface area (TPSA) is 48.3 Å². The van der Waals surface area contributed by atoms with E-state index in [2.05, 4.69) is 0 Å². The summed E-state index contributed by atoms with van der Waals surface area (Å²) < 4.78 is 0. The van der Waals surface area contributed by atoms with Crippen molar-refractivity contribution in [1.29, 1.82) is 0 Å². The van der Waals surface area contributed by atoms with Crippen LogP contribution in [0, 0.1) is 0 Å². The lowest BCUT2D eigenvalue weighted by molar-refractivity contribution is 0.558. The van der Waals surface area contributed by atoms with Crippen molar-refractivity contribution >= 4 is 5.69 Å². The van der Waals surface area contributed by atoms with Crippen molar-refractivity contribution in [3.05, 3.63) is 29.3 Å². The number of fused-ring (bicyclic) bond motifs is 1. The van der Waals surface area contributed by atoms with Crippen molar-refractivity contribution in [1.82, 2.24) is 5.73 Å². The SMILES string of the molecule is [N]C1CCCc2c(N)cccc21. The Morgan fingerprint density at radius 2 is 2.25 bits per heavy atom. The fourth-order valence-electron chi connectivity index (χ4n) is 1.85. The molecule has 0 fully saturated rings. The average Bonchev–Trinajstić information content (AvgIpc) is 2.07. The number of benzene rings is 1. The molecule has 0 aromatic heterocycles. The highest BCUT2D eigenvalue weighted by Crippen LogP contribution is 2.31. The van der Waals surface area contributed by atoms with Crippen LogP contribution in [0.25, 0.3) is 0 Å². The minimum absolute atomic E-state index is 0.294. The van der Waals surface area contributed by atoms with Gasteiger partial charge in [0, 0.05) is 5.69 Å². The van der Waals surface area contributed by atoms with Gasteiger partial charge in [0.25, 0.3) is 0 Å². The van der Waals surface area contributed by atoms with Gasteiger partial charge in [-0.25, -0.2) is 0 Å². The molecule has 1 aliphatic rings. The second-order valence-electron chi connectivity index (χ2n) is 3.32. The van der Waals surface area contributed by atoms with Gasteiger partial charge in [0.1, 0.15) is 0 Å². The molecule has 0 bridgehead atoms. The minimum atomic E-state index is -0.294. The van der Waals surface area contributed by atoms with E-state index < -0.39 is 0 Å². The summed E-state index contributed by atoms with van der Waals surface area (Å²) in [5, 5.41) is 0. The summed E-state index contributed by atoms with van der Waals surface area (Å²) in [6.45, 7) is 0. The van der Waals surface area contributed by atoms with Crippen LogP contribution >= 0.6 is 0 Å². The van der Waals surface area contributed by atoms with Crippen molar-refractivity contribution in [2.75, 3.05) is 5.73 Å². The van der Waals surface area contributed by atoms with E-state index in [1.807, 2.05) is 18.2 Å². The third-order valence-corrected chi connectivity index (χ3v) is 2.51.